The Bertz CT molecular complexity index is 744. The van der Waals surface area contributed by atoms with Crippen molar-refractivity contribution in [2.24, 2.45) is 5.92 Å². The Morgan fingerprint density at radius 1 is 0.968 bits per heavy atom. The molecule has 1 amide bonds. The molecule has 1 atom stereocenters. The molecule has 9 heteroatoms. The number of hydrogen-bond donors (Lipinski definition) is 2. The topological polar surface area (TPSA) is 117 Å². The number of methoxy groups -OCH3 is 1. The predicted octanol–water partition coefficient (Wildman–Crippen LogP) is 1.73. The van der Waals surface area contributed by atoms with Crippen LogP contribution in [0.25, 0.3) is 0 Å². The van der Waals surface area contributed by atoms with Crippen LogP contribution in [0.2, 0.25) is 0 Å². The molecule has 1 saturated heterocycles. The number of carboxylic acid groups (broad SMARTS) is 2. The van der Waals surface area contributed by atoms with Gasteiger partial charge in [-0.25, -0.2) is 9.59 Å². The molecule has 1 unspecified atom stereocenters. The largest absolute Gasteiger partial charge is 0.497 e. The maximum atomic E-state index is 12.3. The highest BCUT2D eigenvalue weighted by Gasteiger charge is 2.23. The first-order valence-electron chi connectivity index (χ1n) is 10.3. The lowest BCUT2D eigenvalue weighted by molar-refractivity contribution is -0.159. The fourth-order valence-electron chi connectivity index (χ4n) is 3.48. The van der Waals surface area contributed by atoms with E-state index in [0.717, 1.165) is 44.4 Å². The average molecular weight is 434 g/mol. The van der Waals surface area contributed by atoms with Crippen molar-refractivity contribution in [3.63, 3.8) is 0 Å². The number of nitrogens with zero attached hydrogens (tertiary/aromatic N) is 2. The Hall–Kier alpha value is -3.07. The third kappa shape index (κ3) is 8.67. The van der Waals surface area contributed by atoms with Gasteiger partial charge >= 0.3 is 11.9 Å². The number of carbonyl (C=O) groups is 3. The Kier molecular flexibility index (Phi) is 9.83. The highest BCUT2D eigenvalue weighted by Crippen LogP contribution is 2.20. The SMILES string of the molecule is COc1ccc(OCC(=O)N2CCN(CC3CC=CCC3)CC2)cc1.O=C(O)C(=O)O. The molecular weight excluding hydrogens is 404 g/mol. The van der Waals surface area contributed by atoms with Crippen molar-refractivity contribution in [2.45, 2.75) is 19.3 Å². The minimum atomic E-state index is -1.82. The maximum Gasteiger partial charge on any atom is 0.414 e. The summed E-state index contributed by atoms with van der Waals surface area (Å²) in [5, 5.41) is 14.8. The molecule has 2 aliphatic rings. The normalized spacial score (nSPS) is 18.5. The Labute approximate surface area is 181 Å². The molecule has 0 saturated carbocycles. The number of benzene rings is 1. The van der Waals surface area contributed by atoms with Crippen molar-refractivity contribution < 1.29 is 34.1 Å². The molecule has 0 bridgehead atoms. The Balaban J connectivity index is 0.000000501. The molecule has 0 aromatic heterocycles. The molecule has 1 aromatic carbocycles. The zero-order valence-electron chi connectivity index (χ0n) is 17.7. The van der Waals surface area contributed by atoms with Crippen LogP contribution in [-0.2, 0) is 14.4 Å². The minimum absolute atomic E-state index is 0.0658. The van der Waals surface area contributed by atoms with Gasteiger partial charge < -0.3 is 24.6 Å². The summed E-state index contributed by atoms with van der Waals surface area (Å²) < 4.78 is 10.7. The van der Waals surface area contributed by atoms with E-state index >= 15 is 0 Å². The van der Waals surface area contributed by atoms with Gasteiger partial charge in [-0.2, -0.15) is 0 Å². The molecule has 1 aliphatic carbocycles. The molecule has 0 radical (unpaired) electrons. The summed E-state index contributed by atoms with van der Waals surface area (Å²) in [6, 6.07) is 7.31. The average Bonchev–Trinajstić information content (AvgIpc) is 2.79. The van der Waals surface area contributed by atoms with Crippen LogP contribution < -0.4 is 9.47 Å². The van der Waals surface area contributed by atoms with E-state index in [1.807, 2.05) is 29.2 Å². The quantitative estimate of drug-likeness (QED) is 0.514. The summed E-state index contributed by atoms with van der Waals surface area (Å²) in [5.41, 5.74) is 0. The van der Waals surface area contributed by atoms with Crippen molar-refractivity contribution in [1.82, 2.24) is 9.80 Å². The van der Waals surface area contributed by atoms with Crippen molar-refractivity contribution in [3.05, 3.63) is 36.4 Å². The number of allylic oxidation sites excluding steroid dienone is 2. The van der Waals surface area contributed by atoms with Crippen molar-refractivity contribution in [1.29, 1.82) is 0 Å². The second-order valence-electron chi connectivity index (χ2n) is 7.41. The molecule has 31 heavy (non-hydrogen) atoms. The van der Waals surface area contributed by atoms with Gasteiger partial charge in [-0.3, -0.25) is 9.69 Å². The number of carbonyl (C=O) groups excluding carboxylic acids is 1. The summed E-state index contributed by atoms with van der Waals surface area (Å²) in [6.07, 6.45) is 8.31. The molecular formula is C22H30N2O7. The fraction of sp³-hybridized carbons (Fsp3) is 0.500. The monoisotopic (exact) mass is 434 g/mol. The second kappa shape index (κ2) is 12.6. The van der Waals surface area contributed by atoms with E-state index in [-0.39, 0.29) is 12.5 Å². The van der Waals surface area contributed by atoms with Crippen LogP contribution in [0.1, 0.15) is 19.3 Å². The molecule has 170 valence electrons. The third-order valence-corrected chi connectivity index (χ3v) is 5.22. The lowest BCUT2D eigenvalue weighted by Crippen LogP contribution is -2.50. The van der Waals surface area contributed by atoms with Crippen LogP contribution in [0.15, 0.2) is 36.4 Å². The molecule has 1 fully saturated rings. The third-order valence-electron chi connectivity index (χ3n) is 5.22. The first-order valence-corrected chi connectivity index (χ1v) is 10.3. The number of piperazine rings is 1. The number of ether oxygens (including phenoxy) is 2. The van der Waals surface area contributed by atoms with E-state index in [9.17, 15) is 4.79 Å². The number of aliphatic carboxylic acids is 2. The Morgan fingerprint density at radius 3 is 2.10 bits per heavy atom. The second-order valence-corrected chi connectivity index (χ2v) is 7.41. The number of amides is 1. The van der Waals surface area contributed by atoms with E-state index < -0.39 is 11.9 Å². The molecule has 1 aromatic rings. The summed E-state index contributed by atoms with van der Waals surface area (Å²) in [4.78, 5) is 35.0. The summed E-state index contributed by atoms with van der Waals surface area (Å²) in [6.45, 7) is 4.79. The van der Waals surface area contributed by atoms with Gasteiger partial charge in [0.2, 0.25) is 0 Å². The van der Waals surface area contributed by atoms with Crippen molar-refractivity contribution >= 4 is 17.8 Å². The first-order chi connectivity index (χ1) is 14.9. The smallest absolute Gasteiger partial charge is 0.414 e. The summed E-state index contributed by atoms with van der Waals surface area (Å²) in [7, 11) is 1.63. The lowest BCUT2D eigenvalue weighted by atomic mass is 9.94. The van der Waals surface area contributed by atoms with E-state index in [1.54, 1.807) is 7.11 Å². The molecule has 0 spiro atoms. The van der Waals surface area contributed by atoms with Crippen LogP contribution in [0, 0.1) is 5.92 Å². The van der Waals surface area contributed by atoms with Crippen molar-refractivity contribution in [3.8, 4) is 11.5 Å². The number of rotatable bonds is 6. The van der Waals surface area contributed by atoms with Gasteiger partial charge in [-0.15, -0.1) is 0 Å². The predicted molar refractivity (Wildman–Crippen MR) is 113 cm³/mol. The molecule has 2 N–H and O–H groups in total. The zero-order valence-corrected chi connectivity index (χ0v) is 17.7. The first kappa shape index (κ1) is 24.2. The zero-order chi connectivity index (χ0) is 22.6. The summed E-state index contributed by atoms with van der Waals surface area (Å²) in [5.74, 6) is -1.33. The maximum absolute atomic E-state index is 12.3. The van der Waals surface area contributed by atoms with Crippen LogP contribution in [-0.4, -0.2) is 84.3 Å². The van der Waals surface area contributed by atoms with Gasteiger partial charge in [0, 0.05) is 32.7 Å². The summed E-state index contributed by atoms with van der Waals surface area (Å²) >= 11 is 0. The molecule has 1 heterocycles. The molecule has 9 nitrogen and oxygen atoms in total. The van der Waals surface area contributed by atoms with Crippen LogP contribution in [0.4, 0.5) is 0 Å². The minimum Gasteiger partial charge on any atom is -0.497 e. The van der Waals surface area contributed by atoms with Gasteiger partial charge in [-0.1, -0.05) is 12.2 Å². The van der Waals surface area contributed by atoms with E-state index in [0.29, 0.717) is 5.75 Å². The van der Waals surface area contributed by atoms with Gasteiger partial charge in [0.15, 0.2) is 6.61 Å². The standard InChI is InChI=1S/C20H28N2O3.C2H2O4/c1-24-18-7-9-19(10-8-18)25-16-20(23)22-13-11-21(12-14-22)15-17-5-3-2-4-6-17;3-1(4)2(5)6/h2-3,7-10,17H,4-6,11-16H2,1H3;(H,3,4)(H,5,6). The van der Waals surface area contributed by atoms with Crippen LogP contribution >= 0.6 is 0 Å². The van der Waals surface area contributed by atoms with Crippen molar-refractivity contribution in [2.75, 3.05) is 46.4 Å². The molecule has 3 rings (SSSR count). The number of hydrogen-bond acceptors (Lipinski definition) is 6. The molecule has 1 aliphatic heterocycles. The highest BCUT2D eigenvalue weighted by molar-refractivity contribution is 6.27. The lowest BCUT2D eigenvalue weighted by Gasteiger charge is -2.36. The van der Waals surface area contributed by atoms with E-state index in [4.69, 9.17) is 29.3 Å². The van der Waals surface area contributed by atoms with Gasteiger partial charge in [-0.05, 0) is 49.4 Å². The van der Waals surface area contributed by atoms with E-state index in [2.05, 4.69) is 17.1 Å². The van der Waals surface area contributed by atoms with Gasteiger partial charge in [0.25, 0.3) is 5.91 Å². The van der Waals surface area contributed by atoms with Crippen LogP contribution in [0.3, 0.4) is 0 Å². The van der Waals surface area contributed by atoms with E-state index in [1.165, 1.54) is 19.3 Å². The van der Waals surface area contributed by atoms with Gasteiger partial charge in [0.05, 0.1) is 7.11 Å². The number of carboxylic acids is 2. The highest BCUT2D eigenvalue weighted by atomic mass is 16.5. The Morgan fingerprint density at radius 2 is 1.58 bits per heavy atom. The fourth-order valence-corrected chi connectivity index (χ4v) is 3.48. The van der Waals surface area contributed by atoms with Gasteiger partial charge in [0.1, 0.15) is 11.5 Å². The van der Waals surface area contributed by atoms with Crippen LogP contribution in [0.5, 0.6) is 11.5 Å².